The lowest BCUT2D eigenvalue weighted by atomic mass is 10.0. The van der Waals surface area contributed by atoms with Gasteiger partial charge in [0.05, 0.1) is 9.85 Å². The Hall–Kier alpha value is -3.59. The zero-order valence-electron chi connectivity index (χ0n) is 14.1. The highest BCUT2D eigenvalue weighted by Gasteiger charge is 2.20. The number of rotatable bonds is 6. The molecule has 3 rings (SSSR count). The van der Waals surface area contributed by atoms with Crippen molar-refractivity contribution >= 4 is 33.1 Å². The second-order valence-electron chi connectivity index (χ2n) is 5.63. The second-order valence-corrected chi connectivity index (χ2v) is 6.54. The Bertz CT molecular complexity index is 1060. The number of hydrogen-bond donors (Lipinski definition) is 0. The Morgan fingerprint density at radius 3 is 2.00 bits per heavy atom. The summed E-state index contributed by atoms with van der Waals surface area (Å²) in [5.74, 6) is -0.246. The number of ketones is 1. The van der Waals surface area contributed by atoms with Crippen LogP contribution in [0.3, 0.4) is 0 Å². The lowest BCUT2D eigenvalue weighted by Gasteiger charge is -2.08. The number of hydrogen-bond acceptors (Lipinski definition) is 6. The molecule has 0 saturated carbocycles. The van der Waals surface area contributed by atoms with E-state index in [9.17, 15) is 25.0 Å². The average molecular weight is 443 g/mol. The van der Waals surface area contributed by atoms with Gasteiger partial charge in [0.1, 0.15) is 5.75 Å². The SMILES string of the molecule is O=C(c1ccc(Br)cc1)c1ccc(Oc2ccc([N+](=O)[O-])cc2)c([N+](=O)[O-])c1. The number of carbonyl (C=O) groups excluding carboxylic acids is 1. The molecule has 0 aliphatic heterocycles. The summed E-state index contributed by atoms with van der Waals surface area (Å²) in [5.41, 5.74) is 0.0187. The lowest BCUT2D eigenvalue weighted by Crippen LogP contribution is -2.03. The number of carbonyl (C=O) groups is 1. The van der Waals surface area contributed by atoms with E-state index >= 15 is 0 Å². The molecule has 0 aliphatic rings. The van der Waals surface area contributed by atoms with E-state index in [2.05, 4.69) is 15.9 Å². The van der Waals surface area contributed by atoms with Gasteiger partial charge in [0.2, 0.25) is 5.75 Å². The van der Waals surface area contributed by atoms with Gasteiger partial charge in [0.25, 0.3) is 5.69 Å². The van der Waals surface area contributed by atoms with Crippen LogP contribution >= 0.6 is 15.9 Å². The molecule has 140 valence electrons. The molecular weight excluding hydrogens is 432 g/mol. The maximum atomic E-state index is 12.6. The van der Waals surface area contributed by atoms with Gasteiger partial charge in [-0.25, -0.2) is 0 Å². The molecule has 3 aromatic rings. The predicted octanol–water partition coefficient (Wildman–Crippen LogP) is 5.29. The van der Waals surface area contributed by atoms with Gasteiger partial charge in [0, 0.05) is 33.8 Å². The molecular formula is C19H11BrN2O6. The number of halogens is 1. The molecule has 0 bridgehead atoms. The van der Waals surface area contributed by atoms with E-state index in [1.54, 1.807) is 24.3 Å². The Morgan fingerprint density at radius 2 is 1.43 bits per heavy atom. The highest BCUT2D eigenvalue weighted by Crippen LogP contribution is 2.33. The van der Waals surface area contributed by atoms with Crippen molar-refractivity contribution in [1.82, 2.24) is 0 Å². The van der Waals surface area contributed by atoms with Crippen molar-refractivity contribution in [3.8, 4) is 11.5 Å². The van der Waals surface area contributed by atoms with E-state index in [1.165, 1.54) is 36.4 Å². The maximum absolute atomic E-state index is 12.6. The highest BCUT2D eigenvalue weighted by atomic mass is 79.9. The molecule has 9 heteroatoms. The number of ether oxygens (including phenoxy) is 1. The van der Waals surface area contributed by atoms with Gasteiger partial charge >= 0.3 is 5.69 Å². The van der Waals surface area contributed by atoms with Gasteiger partial charge in [-0.2, -0.15) is 0 Å². The average Bonchev–Trinajstić information content (AvgIpc) is 2.68. The number of nitrogens with zero attached hydrogens (tertiary/aromatic N) is 2. The first kappa shape index (κ1) is 19.2. The van der Waals surface area contributed by atoms with Crippen molar-refractivity contribution < 1.29 is 19.4 Å². The smallest absolute Gasteiger partial charge is 0.312 e. The van der Waals surface area contributed by atoms with E-state index in [0.29, 0.717) is 5.56 Å². The van der Waals surface area contributed by atoms with Crippen LogP contribution < -0.4 is 4.74 Å². The quantitative estimate of drug-likeness (QED) is 0.291. The number of non-ortho nitro benzene ring substituents is 1. The molecule has 0 N–H and O–H groups in total. The van der Waals surface area contributed by atoms with Crippen molar-refractivity contribution in [1.29, 1.82) is 0 Å². The van der Waals surface area contributed by atoms with Crippen LogP contribution in [-0.4, -0.2) is 15.6 Å². The monoisotopic (exact) mass is 442 g/mol. The molecule has 0 unspecified atom stereocenters. The third-order valence-electron chi connectivity index (χ3n) is 3.80. The van der Waals surface area contributed by atoms with Gasteiger partial charge < -0.3 is 4.74 Å². The number of nitro benzene ring substituents is 2. The van der Waals surface area contributed by atoms with E-state index in [0.717, 1.165) is 10.5 Å². The minimum atomic E-state index is -0.654. The summed E-state index contributed by atoms with van der Waals surface area (Å²) in [4.78, 5) is 33.5. The normalized spacial score (nSPS) is 10.3. The topological polar surface area (TPSA) is 113 Å². The van der Waals surface area contributed by atoms with Crippen LogP contribution in [0.5, 0.6) is 11.5 Å². The Balaban J connectivity index is 1.90. The first-order valence-corrected chi connectivity index (χ1v) is 8.65. The zero-order chi connectivity index (χ0) is 20.3. The summed E-state index contributed by atoms with van der Waals surface area (Å²) in [6.45, 7) is 0. The molecule has 0 saturated heterocycles. The van der Waals surface area contributed by atoms with Crippen LogP contribution in [0.1, 0.15) is 15.9 Å². The summed E-state index contributed by atoms with van der Waals surface area (Å²) in [6, 6.07) is 15.7. The standard InChI is InChI=1S/C19H11BrN2O6/c20-14-4-1-12(2-5-14)19(23)13-3-10-18(17(11-13)22(26)27)28-16-8-6-15(7-9-16)21(24)25/h1-11H. The highest BCUT2D eigenvalue weighted by molar-refractivity contribution is 9.10. The fourth-order valence-electron chi connectivity index (χ4n) is 2.42. The van der Waals surface area contributed by atoms with Crippen molar-refractivity contribution in [2.24, 2.45) is 0 Å². The fourth-order valence-corrected chi connectivity index (χ4v) is 2.68. The molecule has 0 aliphatic carbocycles. The Morgan fingerprint density at radius 1 is 0.821 bits per heavy atom. The van der Waals surface area contributed by atoms with E-state index < -0.39 is 9.85 Å². The van der Waals surface area contributed by atoms with Crippen molar-refractivity contribution in [2.75, 3.05) is 0 Å². The first-order chi connectivity index (χ1) is 13.3. The second kappa shape index (κ2) is 7.97. The minimum Gasteiger partial charge on any atom is -0.450 e. The van der Waals surface area contributed by atoms with E-state index in [4.69, 9.17) is 4.74 Å². The molecule has 0 aromatic heterocycles. The molecule has 28 heavy (non-hydrogen) atoms. The van der Waals surface area contributed by atoms with Gasteiger partial charge in [0.15, 0.2) is 5.78 Å². The first-order valence-electron chi connectivity index (χ1n) is 7.86. The van der Waals surface area contributed by atoms with Gasteiger partial charge in [-0.3, -0.25) is 25.0 Å². The molecule has 8 nitrogen and oxygen atoms in total. The van der Waals surface area contributed by atoms with Crippen LogP contribution in [0.4, 0.5) is 11.4 Å². The zero-order valence-corrected chi connectivity index (χ0v) is 15.7. The number of benzene rings is 3. The van der Waals surface area contributed by atoms with E-state index in [-0.39, 0.29) is 34.2 Å². The Labute approximate surface area is 166 Å². The molecule has 0 fully saturated rings. The molecule has 3 aromatic carbocycles. The lowest BCUT2D eigenvalue weighted by molar-refractivity contribution is -0.385. The fraction of sp³-hybridized carbons (Fsp3) is 0. The summed E-state index contributed by atoms with van der Waals surface area (Å²) < 4.78 is 6.29. The molecule has 0 heterocycles. The molecule has 0 spiro atoms. The van der Waals surface area contributed by atoms with Crippen molar-refractivity contribution in [3.05, 3.63) is 103 Å². The largest absolute Gasteiger partial charge is 0.450 e. The van der Waals surface area contributed by atoms with E-state index in [1.807, 2.05) is 0 Å². The van der Waals surface area contributed by atoms with Crippen LogP contribution in [0, 0.1) is 20.2 Å². The van der Waals surface area contributed by atoms with Crippen molar-refractivity contribution in [2.45, 2.75) is 0 Å². The third kappa shape index (κ3) is 4.21. The maximum Gasteiger partial charge on any atom is 0.312 e. The van der Waals surface area contributed by atoms with Gasteiger partial charge in [-0.1, -0.05) is 15.9 Å². The predicted molar refractivity (Wildman–Crippen MR) is 104 cm³/mol. The summed E-state index contributed by atoms with van der Waals surface area (Å²) in [7, 11) is 0. The third-order valence-corrected chi connectivity index (χ3v) is 4.33. The molecule has 0 amide bonds. The van der Waals surface area contributed by atoms with Crippen LogP contribution in [0.15, 0.2) is 71.2 Å². The van der Waals surface area contributed by atoms with Crippen molar-refractivity contribution in [3.63, 3.8) is 0 Å². The molecule has 0 radical (unpaired) electrons. The molecule has 0 atom stereocenters. The van der Waals surface area contributed by atoms with Gasteiger partial charge in [-0.05, 0) is 48.5 Å². The summed E-state index contributed by atoms with van der Waals surface area (Å²) in [6.07, 6.45) is 0. The summed E-state index contributed by atoms with van der Waals surface area (Å²) in [5, 5.41) is 22.1. The van der Waals surface area contributed by atoms with Crippen LogP contribution in [-0.2, 0) is 0 Å². The number of nitro groups is 2. The minimum absolute atomic E-state index is 0.0776. The van der Waals surface area contributed by atoms with Crippen LogP contribution in [0.2, 0.25) is 0 Å². The summed E-state index contributed by atoms with van der Waals surface area (Å²) >= 11 is 3.28. The van der Waals surface area contributed by atoms with Gasteiger partial charge in [-0.15, -0.1) is 0 Å². The Kier molecular flexibility index (Phi) is 5.46. The van der Waals surface area contributed by atoms with Crippen LogP contribution in [0.25, 0.3) is 0 Å².